The van der Waals surface area contributed by atoms with E-state index in [2.05, 4.69) is 27.7 Å². The van der Waals surface area contributed by atoms with E-state index in [1.807, 2.05) is 13.8 Å². The summed E-state index contributed by atoms with van der Waals surface area (Å²) in [6.45, 7) is 13.5. The Balaban J connectivity index is 1.03. The zero-order chi connectivity index (χ0) is 27.7. The first-order valence-electron chi connectivity index (χ1n) is 16.5. The van der Waals surface area contributed by atoms with E-state index < -0.39 is 22.8 Å². The van der Waals surface area contributed by atoms with Gasteiger partial charge in [-0.25, -0.2) is 19.6 Å². The van der Waals surface area contributed by atoms with E-state index in [9.17, 15) is 0 Å². The highest BCUT2D eigenvalue weighted by molar-refractivity contribution is 5.12. The van der Waals surface area contributed by atoms with Crippen LogP contribution in [-0.2, 0) is 38.5 Å². The van der Waals surface area contributed by atoms with Crippen molar-refractivity contribution in [2.45, 2.75) is 153 Å². The molecule has 16 atom stereocenters. The van der Waals surface area contributed by atoms with Crippen LogP contribution in [0.3, 0.4) is 0 Å². The number of fused-ring (bicyclic) bond motifs is 4. The lowest BCUT2D eigenvalue weighted by Gasteiger charge is -2.61. The molecule has 0 amide bonds. The molecule has 10 aliphatic rings. The zero-order valence-corrected chi connectivity index (χ0v) is 25.3. The van der Waals surface area contributed by atoms with Gasteiger partial charge in [0, 0.05) is 24.7 Å². The zero-order valence-electron chi connectivity index (χ0n) is 25.3. The van der Waals surface area contributed by atoms with Crippen molar-refractivity contribution in [3.63, 3.8) is 0 Å². The Bertz CT molecular complexity index is 931. The normalized spacial score (nSPS) is 62.2. The maximum atomic E-state index is 6.91. The topological polar surface area (TPSA) is 73.8 Å². The summed E-state index contributed by atoms with van der Waals surface area (Å²) >= 11 is 0. The summed E-state index contributed by atoms with van der Waals surface area (Å²) in [5, 5.41) is 0. The van der Waals surface area contributed by atoms with Gasteiger partial charge in [0.2, 0.25) is 11.6 Å². The highest BCUT2D eigenvalue weighted by Crippen LogP contribution is 2.63. The van der Waals surface area contributed by atoms with Gasteiger partial charge >= 0.3 is 0 Å². The van der Waals surface area contributed by atoms with Crippen molar-refractivity contribution in [1.82, 2.24) is 0 Å². The Kier molecular flexibility index (Phi) is 6.20. The molecule has 2 aliphatic carbocycles. The Hall–Kier alpha value is -0.320. The predicted octanol–water partition coefficient (Wildman–Crippen LogP) is 6.27. The minimum absolute atomic E-state index is 0.0932. The summed E-state index contributed by atoms with van der Waals surface area (Å²) in [6, 6.07) is 0. The Morgan fingerprint density at radius 3 is 1.38 bits per heavy atom. The van der Waals surface area contributed by atoms with Crippen LogP contribution in [0.25, 0.3) is 0 Å². The van der Waals surface area contributed by atoms with Crippen LogP contribution in [0.15, 0.2) is 0 Å². The van der Waals surface area contributed by atoms with Gasteiger partial charge < -0.3 is 18.9 Å². The molecule has 2 saturated carbocycles. The van der Waals surface area contributed by atoms with Crippen LogP contribution in [0.2, 0.25) is 0 Å². The van der Waals surface area contributed by atoms with Crippen LogP contribution in [0.4, 0.5) is 0 Å². The minimum atomic E-state index is -0.735. The number of hydrogen-bond acceptors (Lipinski definition) is 8. The maximum Gasteiger partial charge on any atom is 0.201 e. The van der Waals surface area contributed by atoms with Crippen molar-refractivity contribution >= 4 is 0 Å². The van der Waals surface area contributed by atoms with Crippen LogP contribution < -0.4 is 0 Å². The first kappa shape index (κ1) is 27.2. The first-order valence-corrected chi connectivity index (χ1v) is 16.5. The average molecular weight is 563 g/mol. The van der Waals surface area contributed by atoms with Crippen molar-refractivity contribution in [2.24, 2.45) is 47.3 Å². The second kappa shape index (κ2) is 9.10. The summed E-state index contributed by atoms with van der Waals surface area (Å²) in [4.78, 5) is 24.8. The number of rotatable bonds is 3. The van der Waals surface area contributed by atoms with E-state index >= 15 is 0 Å². The Labute approximate surface area is 239 Å². The smallest absolute Gasteiger partial charge is 0.201 e. The maximum absolute atomic E-state index is 6.91. The van der Waals surface area contributed by atoms with Gasteiger partial charge in [-0.05, 0) is 101 Å². The van der Waals surface area contributed by atoms with E-state index in [1.165, 1.54) is 12.8 Å². The third-order valence-electron chi connectivity index (χ3n) is 13.3. The lowest BCUT2D eigenvalue weighted by Crippen LogP contribution is -2.71. The van der Waals surface area contributed by atoms with E-state index in [4.69, 9.17) is 38.5 Å². The molecule has 0 unspecified atom stereocenters. The molecular weight excluding hydrogens is 512 g/mol. The van der Waals surface area contributed by atoms with Gasteiger partial charge in [0.05, 0.1) is 12.2 Å². The van der Waals surface area contributed by atoms with E-state index in [-0.39, 0.29) is 24.8 Å². The fourth-order valence-corrected chi connectivity index (χ4v) is 10.9. The molecule has 8 nitrogen and oxygen atoms in total. The highest BCUT2D eigenvalue weighted by Gasteiger charge is 2.71. The summed E-state index contributed by atoms with van der Waals surface area (Å²) in [6.07, 6.45) is 9.82. The van der Waals surface area contributed by atoms with Gasteiger partial charge in [-0.1, -0.05) is 27.7 Å². The molecule has 8 heteroatoms. The van der Waals surface area contributed by atoms with Crippen molar-refractivity contribution in [3.05, 3.63) is 0 Å². The van der Waals surface area contributed by atoms with Gasteiger partial charge in [0.25, 0.3) is 0 Å². The molecule has 10 rings (SSSR count). The number of hydrogen-bond donors (Lipinski definition) is 0. The molecule has 8 heterocycles. The molecular formula is C32H50O8. The van der Waals surface area contributed by atoms with Crippen molar-refractivity contribution in [3.8, 4) is 0 Å². The van der Waals surface area contributed by atoms with E-state index in [0.29, 0.717) is 47.3 Å². The first-order chi connectivity index (χ1) is 19.1. The van der Waals surface area contributed by atoms with Crippen LogP contribution in [0.5, 0.6) is 0 Å². The van der Waals surface area contributed by atoms with Crippen molar-refractivity contribution < 1.29 is 38.5 Å². The molecule has 0 N–H and O–H groups in total. The van der Waals surface area contributed by atoms with Crippen molar-refractivity contribution in [1.29, 1.82) is 0 Å². The molecule has 226 valence electrons. The summed E-state index contributed by atoms with van der Waals surface area (Å²) < 4.78 is 27.0. The van der Waals surface area contributed by atoms with E-state index in [1.54, 1.807) is 0 Å². The van der Waals surface area contributed by atoms with Crippen LogP contribution in [0.1, 0.15) is 106 Å². The minimum Gasteiger partial charge on any atom is -0.346 e. The van der Waals surface area contributed by atoms with Crippen LogP contribution >= 0.6 is 0 Å². The summed E-state index contributed by atoms with van der Waals surface area (Å²) in [5.41, 5.74) is -1.00. The summed E-state index contributed by atoms with van der Waals surface area (Å²) in [5.74, 6) is 1.91. The molecule has 8 saturated heterocycles. The quantitative estimate of drug-likeness (QED) is 0.373. The van der Waals surface area contributed by atoms with E-state index in [0.717, 1.165) is 51.4 Å². The second-order valence-electron chi connectivity index (χ2n) is 15.5. The molecule has 0 radical (unpaired) electrons. The lowest BCUT2D eigenvalue weighted by atomic mass is 9.56. The second-order valence-corrected chi connectivity index (χ2v) is 15.5. The molecule has 2 spiro atoms. The monoisotopic (exact) mass is 562 g/mol. The van der Waals surface area contributed by atoms with Gasteiger partial charge in [-0.2, -0.15) is 0 Å². The Morgan fingerprint density at radius 1 is 0.525 bits per heavy atom. The average Bonchev–Trinajstić information content (AvgIpc) is 3.30. The fraction of sp³-hybridized carbons (Fsp3) is 1.00. The highest BCUT2D eigenvalue weighted by atomic mass is 17.3. The third kappa shape index (κ3) is 3.60. The van der Waals surface area contributed by atoms with Gasteiger partial charge in [0.1, 0.15) is 0 Å². The fourth-order valence-electron chi connectivity index (χ4n) is 10.9. The predicted molar refractivity (Wildman–Crippen MR) is 143 cm³/mol. The molecule has 40 heavy (non-hydrogen) atoms. The SMILES string of the molecule is C[C@H]1[C@@H](CC[C@H]2O[C@@H]3O[C@]4(C)CC[C@H]5[C@H](C)CC[C@@H]([C@H]2C)[C@@]35OO4)O[C@@H]2O[C@]3(C)CC[C@H]4[C@H](C)CC[C@@H]1[C@@]24OO3. The number of ether oxygens (including phenoxy) is 4. The summed E-state index contributed by atoms with van der Waals surface area (Å²) in [7, 11) is 0. The standard InChI is InChI=1S/C32H50O8/c1-17-7-9-23-19(3)25(33-27-31(23)21(17)13-15-29(5,35-27)37-39-31)11-12-26-20(4)24-10-8-18(2)22-14-16-30(6)36-28(34-26)32(22,24)40-38-30/h17-28H,7-16H2,1-6H3/t17-,18-,19-,20-,21+,22+,23+,24+,25-,26-,27-,28-,29+,30+,31-,32-/m1/s1. The lowest BCUT2D eigenvalue weighted by molar-refractivity contribution is -0.572. The van der Waals surface area contributed by atoms with Crippen molar-refractivity contribution in [2.75, 3.05) is 0 Å². The Morgan fingerprint density at radius 2 is 0.950 bits per heavy atom. The van der Waals surface area contributed by atoms with Crippen LogP contribution in [0, 0.1) is 47.3 Å². The van der Waals surface area contributed by atoms with Crippen LogP contribution in [-0.4, -0.2) is 47.6 Å². The molecule has 10 fully saturated rings. The molecule has 0 aromatic rings. The van der Waals surface area contributed by atoms with Gasteiger partial charge in [-0.15, -0.1) is 0 Å². The van der Waals surface area contributed by atoms with Gasteiger partial charge in [-0.3, -0.25) is 0 Å². The molecule has 0 aromatic carbocycles. The molecule has 8 aliphatic heterocycles. The van der Waals surface area contributed by atoms with Gasteiger partial charge in [0.15, 0.2) is 23.8 Å². The molecule has 0 aromatic heterocycles. The third-order valence-corrected chi connectivity index (χ3v) is 13.3. The largest absolute Gasteiger partial charge is 0.346 e. The molecule has 4 bridgehead atoms.